The fourth-order valence-corrected chi connectivity index (χ4v) is 3.88. The number of nitrogens with one attached hydrogen (secondary N) is 2. The van der Waals surface area contributed by atoms with Gasteiger partial charge in [0.1, 0.15) is 5.82 Å². The minimum Gasteiger partial charge on any atom is -0.454 e. The van der Waals surface area contributed by atoms with Crippen LogP contribution in [0.1, 0.15) is 16.2 Å². The SMILES string of the molecule is C=CCn1c(C)nnc1SCC(=O)Nc1ccccc1C(=O)Nc1ccc2c(c1)OCO2. The van der Waals surface area contributed by atoms with Crippen molar-refractivity contribution in [3.8, 4) is 11.5 Å². The highest BCUT2D eigenvalue weighted by Gasteiger charge is 2.17. The second-order valence-electron chi connectivity index (χ2n) is 6.83. The standard InChI is InChI=1S/C22H21N5O4S/c1-3-10-27-14(2)25-26-22(27)32-12-20(28)24-17-7-5-4-6-16(17)21(29)23-15-8-9-18-19(11-15)31-13-30-18/h3-9,11H,1,10,12-13H2,2H3,(H,23,29)(H,24,28). The number of para-hydroxylation sites is 1. The zero-order valence-corrected chi connectivity index (χ0v) is 18.1. The number of rotatable bonds is 8. The summed E-state index contributed by atoms with van der Waals surface area (Å²) in [6, 6.07) is 12.0. The largest absolute Gasteiger partial charge is 0.454 e. The number of ether oxygens (including phenoxy) is 2. The third-order valence-electron chi connectivity index (χ3n) is 4.62. The molecule has 0 saturated heterocycles. The lowest BCUT2D eigenvalue weighted by atomic mass is 10.1. The number of benzene rings is 2. The number of allylic oxidation sites excluding steroid dienone is 1. The Balaban J connectivity index is 1.41. The van der Waals surface area contributed by atoms with Gasteiger partial charge in [-0.3, -0.25) is 9.59 Å². The lowest BCUT2D eigenvalue weighted by Gasteiger charge is -2.12. The van der Waals surface area contributed by atoms with E-state index in [4.69, 9.17) is 9.47 Å². The van der Waals surface area contributed by atoms with Gasteiger partial charge in [0.15, 0.2) is 16.7 Å². The molecule has 2 amide bonds. The zero-order valence-electron chi connectivity index (χ0n) is 17.3. The van der Waals surface area contributed by atoms with Crippen LogP contribution in [0.2, 0.25) is 0 Å². The highest BCUT2D eigenvalue weighted by atomic mass is 32.2. The molecule has 32 heavy (non-hydrogen) atoms. The summed E-state index contributed by atoms with van der Waals surface area (Å²) < 4.78 is 12.5. The molecule has 0 radical (unpaired) electrons. The summed E-state index contributed by atoms with van der Waals surface area (Å²) in [5.74, 6) is 1.46. The fourth-order valence-electron chi connectivity index (χ4n) is 3.09. The molecule has 0 bridgehead atoms. The first-order valence-corrected chi connectivity index (χ1v) is 10.8. The number of carbonyl (C=O) groups is 2. The van der Waals surface area contributed by atoms with E-state index in [1.54, 1.807) is 48.5 Å². The summed E-state index contributed by atoms with van der Waals surface area (Å²) in [6.07, 6.45) is 1.75. The van der Waals surface area contributed by atoms with Gasteiger partial charge in [-0.05, 0) is 31.2 Å². The summed E-state index contributed by atoms with van der Waals surface area (Å²) in [4.78, 5) is 25.4. The second kappa shape index (κ2) is 9.56. The molecule has 1 aromatic heterocycles. The van der Waals surface area contributed by atoms with Crippen LogP contribution in [0.25, 0.3) is 0 Å². The van der Waals surface area contributed by atoms with E-state index in [0.717, 1.165) is 5.82 Å². The molecule has 0 aliphatic carbocycles. The van der Waals surface area contributed by atoms with E-state index in [-0.39, 0.29) is 24.4 Å². The molecule has 1 aliphatic rings. The van der Waals surface area contributed by atoms with Crippen LogP contribution in [0.15, 0.2) is 60.3 Å². The van der Waals surface area contributed by atoms with Crippen molar-refractivity contribution in [2.75, 3.05) is 23.2 Å². The van der Waals surface area contributed by atoms with E-state index in [0.29, 0.717) is 40.1 Å². The van der Waals surface area contributed by atoms with E-state index in [1.807, 2.05) is 11.5 Å². The Morgan fingerprint density at radius 3 is 2.81 bits per heavy atom. The predicted octanol–water partition coefficient (Wildman–Crippen LogP) is 3.48. The molecule has 1 aliphatic heterocycles. The summed E-state index contributed by atoms with van der Waals surface area (Å²) in [7, 11) is 0. The minimum absolute atomic E-state index is 0.118. The van der Waals surface area contributed by atoms with E-state index in [1.165, 1.54) is 11.8 Å². The number of hydrogen-bond acceptors (Lipinski definition) is 7. The van der Waals surface area contributed by atoms with E-state index in [9.17, 15) is 9.59 Å². The Kier molecular flexibility index (Phi) is 6.41. The Bertz CT molecular complexity index is 1180. The molecule has 0 saturated carbocycles. The van der Waals surface area contributed by atoms with Crippen LogP contribution in [0.4, 0.5) is 11.4 Å². The average molecular weight is 452 g/mol. The molecular weight excluding hydrogens is 430 g/mol. The quantitative estimate of drug-likeness (QED) is 0.399. The fraction of sp³-hybridized carbons (Fsp3) is 0.182. The van der Waals surface area contributed by atoms with Crippen molar-refractivity contribution >= 4 is 35.0 Å². The molecule has 2 aromatic carbocycles. The van der Waals surface area contributed by atoms with Gasteiger partial charge in [0.2, 0.25) is 12.7 Å². The highest BCUT2D eigenvalue weighted by Crippen LogP contribution is 2.34. The maximum absolute atomic E-state index is 12.8. The van der Waals surface area contributed by atoms with Crippen LogP contribution in [-0.2, 0) is 11.3 Å². The first-order valence-electron chi connectivity index (χ1n) is 9.78. The molecule has 10 heteroatoms. The summed E-state index contributed by atoms with van der Waals surface area (Å²) in [5.41, 5.74) is 1.32. The number of hydrogen-bond donors (Lipinski definition) is 2. The summed E-state index contributed by atoms with van der Waals surface area (Å²) in [6.45, 7) is 6.29. The van der Waals surface area contributed by atoms with E-state index < -0.39 is 0 Å². The van der Waals surface area contributed by atoms with Gasteiger partial charge in [0, 0.05) is 18.3 Å². The summed E-state index contributed by atoms with van der Waals surface area (Å²) in [5, 5.41) is 14.4. The third kappa shape index (κ3) is 4.75. The van der Waals surface area contributed by atoms with Gasteiger partial charge in [0.25, 0.3) is 5.91 Å². The number of amides is 2. The van der Waals surface area contributed by atoms with Crippen LogP contribution < -0.4 is 20.1 Å². The molecule has 4 rings (SSSR count). The number of fused-ring (bicyclic) bond motifs is 1. The van der Waals surface area contributed by atoms with Crippen molar-refractivity contribution in [1.82, 2.24) is 14.8 Å². The van der Waals surface area contributed by atoms with Crippen LogP contribution in [0.5, 0.6) is 11.5 Å². The monoisotopic (exact) mass is 451 g/mol. The Labute approximate surface area is 188 Å². The number of carbonyl (C=O) groups excluding carboxylic acids is 2. The van der Waals surface area contributed by atoms with Crippen molar-refractivity contribution in [3.63, 3.8) is 0 Å². The van der Waals surface area contributed by atoms with Crippen molar-refractivity contribution in [2.45, 2.75) is 18.6 Å². The van der Waals surface area contributed by atoms with Crippen molar-refractivity contribution in [2.24, 2.45) is 0 Å². The number of nitrogens with zero attached hydrogens (tertiary/aromatic N) is 3. The Hall–Kier alpha value is -3.79. The van der Waals surface area contributed by atoms with Gasteiger partial charge < -0.3 is 24.7 Å². The maximum atomic E-state index is 12.8. The van der Waals surface area contributed by atoms with Gasteiger partial charge in [0.05, 0.1) is 17.0 Å². The van der Waals surface area contributed by atoms with Crippen LogP contribution in [0.3, 0.4) is 0 Å². The topological polar surface area (TPSA) is 107 Å². The number of aromatic nitrogens is 3. The normalized spacial score (nSPS) is 11.8. The highest BCUT2D eigenvalue weighted by molar-refractivity contribution is 7.99. The zero-order chi connectivity index (χ0) is 22.5. The molecule has 0 spiro atoms. The molecule has 0 atom stereocenters. The van der Waals surface area contributed by atoms with Crippen molar-refractivity contribution < 1.29 is 19.1 Å². The van der Waals surface area contributed by atoms with Gasteiger partial charge in [-0.25, -0.2) is 0 Å². The molecule has 164 valence electrons. The second-order valence-corrected chi connectivity index (χ2v) is 7.78. The molecule has 2 heterocycles. The van der Waals surface area contributed by atoms with Gasteiger partial charge in [-0.1, -0.05) is 30.0 Å². The first kappa shape index (κ1) is 21.4. The Morgan fingerprint density at radius 1 is 1.16 bits per heavy atom. The van der Waals surface area contributed by atoms with Gasteiger partial charge in [-0.2, -0.15) is 0 Å². The smallest absolute Gasteiger partial charge is 0.257 e. The molecule has 2 N–H and O–H groups in total. The number of thioether (sulfide) groups is 1. The maximum Gasteiger partial charge on any atom is 0.257 e. The first-order chi connectivity index (χ1) is 15.5. The van der Waals surface area contributed by atoms with Gasteiger partial charge in [-0.15, -0.1) is 16.8 Å². The van der Waals surface area contributed by atoms with Crippen LogP contribution in [-0.4, -0.2) is 39.1 Å². The molecule has 9 nitrogen and oxygen atoms in total. The van der Waals surface area contributed by atoms with Crippen molar-refractivity contribution in [3.05, 3.63) is 66.5 Å². The van der Waals surface area contributed by atoms with Crippen molar-refractivity contribution in [1.29, 1.82) is 0 Å². The molecule has 0 unspecified atom stereocenters. The van der Waals surface area contributed by atoms with Crippen LogP contribution >= 0.6 is 11.8 Å². The number of anilines is 2. The van der Waals surface area contributed by atoms with Gasteiger partial charge >= 0.3 is 0 Å². The van der Waals surface area contributed by atoms with Crippen LogP contribution in [0, 0.1) is 6.92 Å². The number of aryl methyl sites for hydroxylation is 1. The third-order valence-corrected chi connectivity index (χ3v) is 5.59. The van der Waals surface area contributed by atoms with E-state index >= 15 is 0 Å². The summed E-state index contributed by atoms with van der Waals surface area (Å²) >= 11 is 1.27. The lowest BCUT2D eigenvalue weighted by Crippen LogP contribution is -2.19. The minimum atomic E-state index is -0.353. The average Bonchev–Trinajstić information content (AvgIpc) is 3.39. The van der Waals surface area contributed by atoms with E-state index in [2.05, 4.69) is 27.4 Å². The predicted molar refractivity (Wildman–Crippen MR) is 121 cm³/mol. The Morgan fingerprint density at radius 2 is 1.97 bits per heavy atom. The molecule has 3 aromatic rings. The lowest BCUT2D eigenvalue weighted by molar-refractivity contribution is -0.113. The molecular formula is C22H21N5O4S. The molecule has 0 fully saturated rings.